The highest BCUT2D eigenvalue weighted by atomic mass is 19.4. The smallest absolute Gasteiger partial charge is 0.489 e. The van der Waals surface area contributed by atoms with Gasteiger partial charge in [-0.05, 0) is 55.1 Å². The number of alkyl halides is 3. The monoisotopic (exact) mass is 483 g/mol. The van der Waals surface area contributed by atoms with Crippen LogP contribution in [0.2, 0.25) is 0 Å². The van der Waals surface area contributed by atoms with Gasteiger partial charge < -0.3 is 19.5 Å². The largest absolute Gasteiger partial charge is 0.573 e. The van der Waals surface area contributed by atoms with Gasteiger partial charge in [-0.2, -0.15) is 0 Å². The fourth-order valence-electron chi connectivity index (χ4n) is 5.32. The summed E-state index contributed by atoms with van der Waals surface area (Å²) in [5, 5.41) is 3.61. The Balaban J connectivity index is 1.43. The highest BCUT2D eigenvalue weighted by Gasteiger charge is 2.49. The maximum Gasteiger partial charge on any atom is 0.573 e. The average Bonchev–Trinajstić information content (AvgIpc) is 3.27. The van der Waals surface area contributed by atoms with Crippen molar-refractivity contribution in [2.24, 2.45) is 0 Å². The first-order valence-electron chi connectivity index (χ1n) is 11.9. The van der Waals surface area contributed by atoms with Gasteiger partial charge in [0.25, 0.3) is 0 Å². The lowest BCUT2D eigenvalue weighted by Crippen LogP contribution is -2.48. The molecule has 5 rings (SSSR count). The Labute approximate surface area is 203 Å². The number of hydrogen-bond acceptors (Lipinski definition) is 4. The van der Waals surface area contributed by atoms with Crippen LogP contribution < -0.4 is 14.8 Å². The maximum absolute atomic E-state index is 13.0. The molecule has 2 aliphatic heterocycles. The molecule has 7 heteroatoms. The van der Waals surface area contributed by atoms with Crippen LogP contribution in [0.15, 0.2) is 78.9 Å². The van der Waals surface area contributed by atoms with Crippen molar-refractivity contribution in [2.45, 2.75) is 49.8 Å². The van der Waals surface area contributed by atoms with Crippen molar-refractivity contribution < 1.29 is 27.4 Å². The molecular weight excluding hydrogens is 455 g/mol. The lowest BCUT2D eigenvalue weighted by molar-refractivity contribution is -0.274. The summed E-state index contributed by atoms with van der Waals surface area (Å²) in [4.78, 5) is 0. The van der Waals surface area contributed by atoms with E-state index in [0.29, 0.717) is 30.9 Å². The molecule has 3 aromatic rings. The normalized spacial score (nSPS) is 24.4. The summed E-state index contributed by atoms with van der Waals surface area (Å²) in [6.07, 6.45) is -2.22. The Hall–Kier alpha value is -3.03. The van der Waals surface area contributed by atoms with Crippen molar-refractivity contribution in [1.82, 2.24) is 5.32 Å². The predicted molar refractivity (Wildman–Crippen MR) is 126 cm³/mol. The fraction of sp³-hybridized carbons (Fsp3) is 0.357. The van der Waals surface area contributed by atoms with Crippen LogP contribution in [0, 0.1) is 0 Å². The SMILES string of the molecule is FC(F)(F)Oc1ccc(OCc2ccccc2)c([C@@H]2CO[C@]3(CCCN[C@H]3c3ccccc3)C2)c1. The number of halogens is 3. The van der Waals surface area contributed by atoms with Gasteiger partial charge in [-0.25, -0.2) is 0 Å². The molecule has 2 fully saturated rings. The van der Waals surface area contributed by atoms with E-state index >= 15 is 0 Å². The van der Waals surface area contributed by atoms with Gasteiger partial charge in [0, 0.05) is 11.5 Å². The second-order valence-electron chi connectivity index (χ2n) is 9.20. The lowest BCUT2D eigenvalue weighted by Gasteiger charge is -2.41. The quantitative estimate of drug-likeness (QED) is 0.433. The van der Waals surface area contributed by atoms with E-state index in [9.17, 15) is 13.2 Å². The molecule has 1 spiro atoms. The number of rotatable bonds is 6. The lowest BCUT2D eigenvalue weighted by atomic mass is 9.77. The van der Waals surface area contributed by atoms with E-state index < -0.39 is 12.0 Å². The van der Waals surface area contributed by atoms with Gasteiger partial charge in [0.05, 0.1) is 18.2 Å². The number of piperidine rings is 1. The van der Waals surface area contributed by atoms with E-state index in [-0.39, 0.29) is 17.7 Å². The molecule has 0 amide bonds. The predicted octanol–water partition coefficient (Wildman–Crippen LogP) is 6.53. The Bertz CT molecular complexity index is 1120. The molecule has 0 aliphatic carbocycles. The van der Waals surface area contributed by atoms with Gasteiger partial charge in [-0.1, -0.05) is 60.7 Å². The third kappa shape index (κ3) is 5.46. The first kappa shape index (κ1) is 23.7. The van der Waals surface area contributed by atoms with Crippen LogP contribution in [0.25, 0.3) is 0 Å². The average molecular weight is 484 g/mol. The summed E-state index contributed by atoms with van der Waals surface area (Å²) >= 11 is 0. The van der Waals surface area contributed by atoms with E-state index in [1.807, 2.05) is 48.5 Å². The molecular formula is C28H28F3NO3. The van der Waals surface area contributed by atoms with Crippen LogP contribution in [0.1, 0.15) is 47.9 Å². The van der Waals surface area contributed by atoms with Gasteiger partial charge in [0.1, 0.15) is 18.1 Å². The number of benzene rings is 3. The van der Waals surface area contributed by atoms with E-state index in [2.05, 4.69) is 22.2 Å². The van der Waals surface area contributed by atoms with Crippen molar-refractivity contribution in [3.05, 3.63) is 95.6 Å². The van der Waals surface area contributed by atoms with Gasteiger partial charge >= 0.3 is 6.36 Å². The Morgan fingerprint density at radius 3 is 2.46 bits per heavy atom. The Kier molecular flexibility index (Phi) is 6.71. The molecule has 0 bridgehead atoms. The summed E-state index contributed by atoms with van der Waals surface area (Å²) in [6, 6.07) is 24.2. The van der Waals surface area contributed by atoms with Crippen molar-refractivity contribution in [3.63, 3.8) is 0 Å². The second kappa shape index (κ2) is 9.91. The second-order valence-corrected chi connectivity index (χ2v) is 9.20. The minimum absolute atomic E-state index is 0.0192. The third-order valence-corrected chi connectivity index (χ3v) is 6.84. The summed E-state index contributed by atoms with van der Waals surface area (Å²) in [7, 11) is 0. The van der Waals surface area contributed by atoms with Crippen LogP contribution in [0.4, 0.5) is 13.2 Å². The zero-order valence-corrected chi connectivity index (χ0v) is 19.3. The van der Waals surface area contributed by atoms with Crippen LogP contribution in [0.3, 0.4) is 0 Å². The molecule has 1 N–H and O–H groups in total. The van der Waals surface area contributed by atoms with Crippen LogP contribution in [0.5, 0.6) is 11.5 Å². The molecule has 184 valence electrons. The Morgan fingerprint density at radius 1 is 0.971 bits per heavy atom. The van der Waals surface area contributed by atoms with E-state index in [0.717, 1.165) is 30.5 Å². The van der Waals surface area contributed by atoms with Gasteiger partial charge in [0.2, 0.25) is 0 Å². The highest BCUT2D eigenvalue weighted by molar-refractivity contribution is 5.44. The van der Waals surface area contributed by atoms with Crippen molar-refractivity contribution in [2.75, 3.05) is 13.2 Å². The van der Waals surface area contributed by atoms with E-state index in [1.54, 1.807) is 6.07 Å². The van der Waals surface area contributed by atoms with Crippen molar-refractivity contribution in [3.8, 4) is 11.5 Å². The summed E-state index contributed by atoms with van der Waals surface area (Å²) in [5.41, 5.74) is 2.38. The summed E-state index contributed by atoms with van der Waals surface area (Å²) < 4.78 is 55.7. The summed E-state index contributed by atoms with van der Waals surface area (Å²) in [6.45, 7) is 1.62. The molecule has 35 heavy (non-hydrogen) atoms. The van der Waals surface area contributed by atoms with Crippen LogP contribution >= 0.6 is 0 Å². The first-order chi connectivity index (χ1) is 16.9. The van der Waals surface area contributed by atoms with Crippen molar-refractivity contribution >= 4 is 0 Å². The Morgan fingerprint density at radius 2 is 1.71 bits per heavy atom. The zero-order chi connectivity index (χ0) is 24.3. The molecule has 2 aliphatic rings. The first-order valence-corrected chi connectivity index (χ1v) is 11.9. The highest BCUT2D eigenvalue weighted by Crippen LogP contribution is 2.50. The minimum Gasteiger partial charge on any atom is -0.489 e. The maximum atomic E-state index is 13.0. The molecule has 0 aromatic heterocycles. The molecule has 3 atom stereocenters. The molecule has 4 nitrogen and oxygen atoms in total. The van der Waals surface area contributed by atoms with E-state index in [4.69, 9.17) is 9.47 Å². The number of ether oxygens (including phenoxy) is 3. The standard InChI is InChI=1S/C28H28F3NO3/c29-28(30,31)35-23-12-13-25(33-18-20-8-3-1-4-9-20)24(16-23)22-17-27(34-19-22)14-7-15-32-26(27)21-10-5-2-6-11-21/h1-6,8-13,16,22,26,32H,7,14-15,17-19H2/t22-,26-,27+/m0/s1. The van der Waals surface area contributed by atoms with Crippen LogP contribution in [-0.2, 0) is 11.3 Å². The third-order valence-electron chi connectivity index (χ3n) is 6.84. The molecule has 0 radical (unpaired) electrons. The molecule has 2 saturated heterocycles. The van der Waals surface area contributed by atoms with Crippen molar-refractivity contribution in [1.29, 1.82) is 0 Å². The van der Waals surface area contributed by atoms with E-state index in [1.165, 1.54) is 12.1 Å². The fourth-order valence-corrected chi connectivity index (χ4v) is 5.32. The number of hydrogen-bond donors (Lipinski definition) is 1. The minimum atomic E-state index is -4.76. The number of nitrogens with one attached hydrogen (secondary N) is 1. The molecule has 0 unspecified atom stereocenters. The zero-order valence-electron chi connectivity index (χ0n) is 19.3. The molecule has 3 aromatic carbocycles. The molecule has 2 heterocycles. The molecule has 0 saturated carbocycles. The van der Waals surface area contributed by atoms with Gasteiger partial charge in [0.15, 0.2) is 0 Å². The summed E-state index contributed by atoms with van der Waals surface area (Å²) in [5.74, 6) is 0.180. The van der Waals surface area contributed by atoms with Gasteiger partial charge in [-0.3, -0.25) is 0 Å². The van der Waals surface area contributed by atoms with Gasteiger partial charge in [-0.15, -0.1) is 13.2 Å². The van der Waals surface area contributed by atoms with Crippen LogP contribution in [-0.4, -0.2) is 25.1 Å². The topological polar surface area (TPSA) is 39.7 Å².